The number of hydrogen-bond donors (Lipinski definition) is 0. The number of ether oxygens (including phenoxy) is 1. The molecule has 0 aliphatic rings. The van der Waals surface area contributed by atoms with Gasteiger partial charge in [0.15, 0.2) is 0 Å². The van der Waals surface area contributed by atoms with Crippen LogP contribution in [0.15, 0.2) is 0 Å². The van der Waals surface area contributed by atoms with Crippen LogP contribution in [0.1, 0.15) is 32.6 Å². The summed E-state index contributed by atoms with van der Waals surface area (Å²) in [4.78, 5) is 11.0. The van der Waals surface area contributed by atoms with Crippen LogP contribution in [0.4, 0.5) is 8.78 Å². The Bertz CT molecular complexity index is 400. The van der Waals surface area contributed by atoms with Crippen molar-refractivity contribution >= 4 is 38.7 Å². The average molecular weight is 428 g/mol. The third-order valence-electron chi connectivity index (χ3n) is 2.26. The maximum Gasteiger partial charge on any atom is 0.377 e. The van der Waals surface area contributed by atoms with Gasteiger partial charge in [-0.05, 0) is 19.8 Å². The van der Waals surface area contributed by atoms with Crippen LogP contribution >= 0.6 is 22.6 Å². The summed E-state index contributed by atoms with van der Waals surface area (Å²) in [6.07, 6.45) is 1.82. The molecule has 20 heavy (non-hydrogen) atoms. The van der Waals surface area contributed by atoms with Gasteiger partial charge in [0.25, 0.3) is 10.1 Å². The van der Waals surface area contributed by atoms with Crippen molar-refractivity contribution < 1.29 is 30.9 Å². The van der Waals surface area contributed by atoms with Crippen molar-refractivity contribution in [3.63, 3.8) is 0 Å². The maximum atomic E-state index is 13.4. The highest BCUT2D eigenvalue weighted by Crippen LogP contribution is 2.28. The quantitative estimate of drug-likeness (QED) is 0.176. The van der Waals surface area contributed by atoms with Gasteiger partial charge in [-0.2, -0.15) is 17.2 Å². The monoisotopic (exact) mass is 428 g/mol. The second-order valence-electron chi connectivity index (χ2n) is 4.25. The second-order valence-corrected chi connectivity index (χ2v) is 7.65. The molecule has 0 saturated heterocycles. The summed E-state index contributed by atoms with van der Waals surface area (Å²) in [6, 6.07) is 0. The number of rotatable bonds is 10. The Morgan fingerprint density at radius 1 is 1.35 bits per heavy atom. The molecular weight excluding hydrogens is 409 g/mol. The molecule has 0 radical (unpaired) electrons. The predicted molar refractivity (Wildman–Crippen MR) is 78.7 cm³/mol. The zero-order chi connectivity index (χ0) is 15.8. The molecule has 0 fully saturated rings. The van der Waals surface area contributed by atoms with Crippen molar-refractivity contribution in [1.82, 2.24) is 0 Å². The van der Waals surface area contributed by atoms with E-state index in [1.165, 1.54) is 6.92 Å². The first-order valence-corrected chi connectivity index (χ1v) is 9.18. The maximum absolute atomic E-state index is 13.4. The SMILES string of the molecule is CCOC(=O)C(F)(F)CC(I)CCCCOS(C)(=O)=O. The predicted octanol–water partition coefficient (Wildman–Crippen LogP) is 2.53. The molecule has 120 valence electrons. The van der Waals surface area contributed by atoms with Crippen LogP contribution in [0.25, 0.3) is 0 Å². The van der Waals surface area contributed by atoms with Crippen molar-refractivity contribution in [2.24, 2.45) is 0 Å². The summed E-state index contributed by atoms with van der Waals surface area (Å²) >= 11 is 1.85. The number of carbonyl (C=O) groups excluding carboxylic acids is 1. The fourth-order valence-electron chi connectivity index (χ4n) is 1.38. The summed E-state index contributed by atoms with van der Waals surface area (Å²) in [5.74, 6) is -4.98. The standard InChI is InChI=1S/C11H19F2IO5S/c1-3-18-10(15)11(12,13)8-9(14)6-4-5-7-19-20(2,16)17/h9H,3-8H2,1-2H3. The van der Waals surface area contributed by atoms with E-state index in [0.717, 1.165) is 6.26 Å². The van der Waals surface area contributed by atoms with E-state index in [1.54, 1.807) is 0 Å². The molecule has 0 aromatic carbocycles. The van der Waals surface area contributed by atoms with E-state index in [-0.39, 0.29) is 13.2 Å². The van der Waals surface area contributed by atoms with Gasteiger partial charge in [-0.15, -0.1) is 0 Å². The van der Waals surface area contributed by atoms with E-state index >= 15 is 0 Å². The van der Waals surface area contributed by atoms with E-state index in [9.17, 15) is 22.0 Å². The van der Waals surface area contributed by atoms with Crippen LogP contribution < -0.4 is 0 Å². The highest BCUT2D eigenvalue weighted by atomic mass is 127. The molecule has 0 aromatic rings. The summed E-state index contributed by atoms with van der Waals surface area (Å²) in [5.41, 5.74) is 0. The van der Waals surface area contributed by atoms with E-state index < -0.39 is 32.4 Å². The Labute approximate surface area is 131 Å². The average Bonchev–Trinajstić information content (AvgIpc) is 2.26. The van der Waals surface area contributed by atoms with Crippen LogP contribution in [0.5, 0.6) is 0 Å². The van der Waals surface area contributed by atoms with Gasteiger partial charge in [-0.25, -0.2) is 4.79 Å². The van der Waals surface area contributed by atoms with Crippen molar-refractivity contribution in [3.05, 3.63) is 0 Å². The van der Waals surface area contributed by atoms with Crippen LogP contribution in [0, 0.1) is 0 Å². The van der Waals surface area contributed by atoms with Crippen LogP contribution in [-0.4, -0.2) is 43.7 Å². The minimum Gasteiger partial charge on any atom is -0.462 e. The molecule has 0 bridgehead atoms. The zero-order valence-corrected chi connectivity index (χ0v) is 14.4. The van der Waals surface area contributed by atoms with E-state index in [0.29, 0.717) is 19.3 Å². The van der Waals surface area contributed by atoms with Crippen LogP contribution in [0.3, 0.4) is 0 Å². The Morgan fingerprint density at radius 2 is 1.95 bits per heavy atom. The number of hydrogen-bond acceptors (Lipinski definition) is 5. The molecule has 0 spiro atoms. The van der Waals surface area contributed by atoms with Crippen molar-refractivity contribution in [2.75, 3.05) is 19.5 Å². The highest BCUT2D eigenvalue weighted by Gasteiger charge is 2.41. The molecule has 0 aliphatic carbocycles. The summed E-state index contributed by atoms with van der Waals surface area (Å²) in [7, 11) is -3.45. The zero-order valence-electron chi connectivity index (χ0n) is 11.4. The van der Waals surface area contributed by atoms with Gasteiger partial charge in [0.2, 0.25) is 0 Å². The normalized spacial score (nSPS) is 14.1. The Kier molecular flexibility index (Phi) is 9.07. The van der Waals surface area contributed by atoms with Gasteiger partial charge < -0.3 is 4.74 Å². The highest BCUT2D eigenvalue weighted by molar-refractivity contribution is 14.1. The first-order chi connectivity index (χ1) is 9.08. The largest absolute Gasteiger partial charge is 0.462 e. The molecule has 0 N–H and O–H groups in total. The minimum absolute atomic E-state index is 0.0382. The van der Waals surface area contributed by atoms with Crippen LogP contribution in [0.2, 0.25) is 0 Å². The fraction of sp³-hybridized carbons (Fsp3) is 0.909. The molecule has 1 atom stereocenters. The molecule has 0 saturated carbocycles. The van der Waals surface area contributed by atoms with Gasteiger partial charge in [0.1, 0.15) is 0 Å². The van der Waals surface area contributed by atoms with Crippen molar-refractivity contribution in [3.8, 4) is 0 Å². The first kappa shape index (κ1) is 20.0. The number of esters is 1. The topological polar surface area (TPSA) is 69.7 Å². The second kappa shape index (κ2) is 9.08. The van der Waals surface area contributed by atoms with Gasteiger partial charge in [0, 0.05) is 10.3 Å². The summed E-state index contributed by atoms with van der Waals surface area (Å²) in [6.45, 7) is 1.43. The molecule has 0 aliphatic heterocycles. The third-order valence-corrected chi connectivity index (χ3v) is 3.92. The number of carbonyl (C=O) groups is 1. The summed E-state index contributed by atoms with van der Waals surface area (Å²) in [5, 5.41) is 0. The Morgan fingerprint density at radius 3 is 2.45 bits per heavy atom. The number of unbranched alkanes of at least 4 members (excludes halogenated alkanes) is 1. The molecule has 5 nitrogen and oxygen atoms in total. The van der Waals surface area contributed by atoms with Crippen molar-refractivity contribution in [2.45, 2.75) is 42.5 Å². The molecule has 1 unspecified atom stereocenters. The lowest BCUT2D eigenvalue weighted by atomic mass is 10.1. The Hall–Kier alpha value is -0.0300. The van der Waals surface area contributed by atoms with Crippen LogP contribution in [-0.2, 0) is 23.8 Å². The fourth-order valence-corrected chi connectivity index (χ4v) is 2.79. The van der Waals surface area contributed by atoms with Crippen molar-refractivity contribution in [1.29, 1.82) is 0 Å². The first-order valence-electron chi connectivity index (χ1n) is 6.12. The van der Waals surface area contributed by atoms with Gasteiger partial charge >= 0.3 is 11.9 Å². The van der Waals surface area contributed by atoms with Gasteiger partial charge in [-0.3, -0.25) is 4.18 Å². The Balaban J connectivity index is 3.93. The van der Waals surface area contributed by atoms with E-state index in [1.807, 2.05) is 22.6 Å². The van der Waals surface area contributed by atoms with Gasteiger partial charge in [-0.1, -0.05) is 29.0 Å². The van der Waals surface area contributed by atoms with E-state index in [4.69, 9.17) is 0 Å². The molecule has 0 aromatic heterocycles. The summed E-state index contributed by atoms with van der Waals surface area (Å²) < 4.78 is 56.6. The molecule has 0 amide bonds. The lowest BCUT2D eigenvalue weighted by Gasteiger charge is -2.17. The molecule has 0 rings (SSSR count). The molecule has 9 heteroatoms. The van der Waals surface area contributed by atoms with Gasteiger partial charge in [0.05, 0.1) is 19.5 Å². The number of alkyl halides is 3. The lowest BCUT2D eigenvalue weighted by Crippen LogP contribution is -2.33. The molecule has 0 heterocycles. The lowest BCUT2D eigenvalue weighted by molar-refractivity contribution is -0.172. The smallest absolute Gasteiger partial charge is 0.377 e. The molecular formula is C11H19F2IO5S. The third kappa shape index (κ3) is 9.81. The minimum atomic E-state index is -3.48. The number of halogens is 3. The van der Waals surface area contributed by atoms with E-state index in [2.05, 4.69) is 8.92 Å².